The summed E-state index contributed by atoms with van der Waals surface area (Å²) in [6, 6.07) is 15.3. The molecule has 0 bridgehead atoms. The number of carbonyl (C=O) groups excluding carboxylic acids is 1. The van der Waals surface area contributed by atoms with Crippen LogP contribution in [0.3, 0.4) is 0 Å². The van der Waals surface area contributed by atoms with E-state index in [1.807, 2.05) is 53.4 Å². The molecule has 0 spiro atoms. The second kappa shape index (κ2) is 8.57. The summed E-state index contributed by atoms with van der Waals surface area (Å²) in [5, 5.41) is 6.59. The number of nitrogens with one attached hydrogen (secondary N) is 2. The third kappa shape index (κ3) is 4.19. The molecule has 24 heavy (non-hydrogen) atoms. The molecule has 1 saturated heterocycles. The number of halogens is 1. The molecule has 0 aromatic heterocycles. The molecule has 1 aliphatic heterocycles. The van der Waals surface area contributed by atoms with Crippen molar-refractivity contribution in [2.24, 2.45) is 0 Å². The van der Waals surface area contributed by atoms with Gasteiger partial charge in [-0.05, 0) is 24.3 Å². The first kappa shape index (κ1) is 18.1. The van der Waals surface area contributed by atoms with E-state index < -0.39 is 0 Å². The normalized spacial score (nSPS) is 13.8. The Hall–Kier alpha value is -2.24. The zero-order valence-electron chi connectivity index (χ0n) is 13.6. The van der Waals surface area contributed by atoms with E-state index in [9.17, 15) is 4.79 Å². The van der Waals surface area contributed by atoms with E-state index in [0.717, 1.165) is 43.3 Å². The zero-order valence-corrected chi connectivity index (χ0v) is 14.4. The number of anilines is 2. The zero-order chi connectivity index (χ0) is 16.1. The van der Waals surface area contributed by atoms with Crippen molar-refractivity contribution in [1.29, 1.82) is 0 Å². The first-order valence-electron chi connectivity index (χ1n) is 7.78. The number of carbonyl (C=O) groups is 1. The number of benzene rings is 2. The maximum absolute atomic E-state index is 12.8. The van der Waals surface area contributed by atoms with Gasteiger partial charge in [0.2, 0.25) is 0 Å². The highest BCUT2D eigenvalue weighted by molar-refractivity contribution is 6.00. The summed E-state index contributed by atoms with van der Waals surface area (Å²) in [5.74, 6) is 0.846. The Morgan fingerprint density at radius 2 is 1.88 bits per heavy atom. The number of ether oxygens (including phenoxy) is 1. The topological polar surface area (TPSA) is 53.6 Å². The van der Waals surface area contributed by atoms with Gasteiger partial charge in [-0.2, -0.15) is 0 Å². The van der Waals surface area contributed by atoms with Crippen LogP contribution in [0.4, 0.5) is 11.4 Å². The molecule has 6 heteroatoms. The van der Waals surface area contributed by atoms with E-state index in [0.29, 0.717) is 5.56 Å². The second-order valence-corrected chi connectivity index (χ2v) is 5.44. The number of rotatable bonds is 4. The maximum Gasteiger partial charge on any atom is 0.256 e. The van der Waals surface area contributed by atoms with Crippen molar-refractivity contribution in [3.63, 3.8) is 0 Å². The fourth-order valence-corrected chi connectivity index (χ4v) is 2.67. The number of methoxy groups -OCH3 is 1. The van der Waals surface area contributed by atoms with Crippen LogP contribution in [0.25, 0.3) is 0 Å². The lowest BCUT2D eigenvalue weighted by atomic mass is 10.1. The largest absolute Gasteiger partial charge is 0.497 e. The minimum absolute atomic E-state index is 0. The third-order valence-electron chi connectivity index (χ3n) is 3.91. The van der Waals surface area contributed by atoms with Crippen LogP contribution in [0.1, 0.15) is 10.4 Å². The summed E-state index contributed by atoms with van der Waals surface area (Å²) >= 11 is 0. The van der Waals surface area contributed by atoms with E-state index in [1.165, 1.54) is 0 Å². The van der Waals surface area contributed by atoms with Gasteiger partial charge in [0, 0.05) is 37.9 Å². The summed E-state index contributed by atoms with van der Waals surface area (Å²) in [7, 11) is 1.64. The number of para-hydroxylation sites is 1. The monoisotopic (exact) mass is 347 g/mol. The van der Waals surface area contributed by atoms with Crippen LogP contribution in [0.5, 0.6) is 5.75 Å². The first-order valence-corrected chi connectivity index (χ1v) is 7.78. The van der Waals surface area contributed by atoms with Crippen molar-refractivity contribution in [3.05, 3.63) is 54.1 Å². The lowest BCUT2D eigenvalue weighted by Crippen LogP contribution is -2.46. The number of piperazine rings is 1. The van der Waals surface area contributed by atoms with Gasteiger partial charge in [0.05, 0.1) is 18.4 Å². The van der Waals surface area contributed by atoms with Crippen LogP contribution in [-0.4, -0.2) is 44.1 Å². The Bertz CT molecular complexity index is 687. The highest BCUT2D eigenvalue weighted by Gasteiger charge is 2.20. The molecule has 2 aromatic carbocycles. The van der Waals surface area contributed by atoms with E-state index in [1.54, 1.807) is 7.11 Å². The van der Waals surface area contributed by atoms with Gasteiger partial charge in [-0.25, -0.2) is 0 Å². The molecule has 1 amide bonds. The summed E-state index contributed by atoms with van der Waals surface area (Å²) in [6.07, 6.45) is 0. The summed E-state index contributed by atoms with van der Waals surface area (Å²) in [5.41, 5.74) is 2.39. The average molecular weight is 348 g/mol. The molecule has 2 aromatic rings. The van der Waals surface area contributed by atoms with E-state index in [2.05, 4.69) is 10.6 Å². The van der Waals surface area contributed by atoms with Gasteiger partial charge in [-0.1, -0.05) is 18.2 Å². The summed E-state index contributed by atoms with van der Waals surface area (Å²) in [4.78, 5) is 14.7. The van der Waals surface area contributed by atoms with Crippen molar-refractivity contribution < 1.29 is 9.53 Å². The molecule has 1 aliphatic rings. The molecule has 0 atom stereocenters. The van der Waals surface area contributed by atoms with Crippen LogP contribution in [0.2, 0.25) is 0 Å². The van der Waals surface area contributed by atoms with Crippen molar-refractivity contribution in [2.45, 2.75) is 0 Å². The SMILES string of the molecule is COc1cccc(Nc2ccccc2C(=O)N2CCNCC2)c1.Cl. The standard InChI is InChI=1S/C18H21N3O2.ClH/c1-23-15-6-4-5-14(13-15)20-17-8-3-2-7-16(17)18(22)21-11-9-19-10-12-21;/h2-8,13,19-20H,9-12H2,1H3;1H. The molecule has 128 valence electrons. The molecule has 0 aliphatic carbocycles. The van der Waals surface area contributed by atoms with E-state index >= 15 is 0 Å². The van der Waals surface area contributed by atoms with Crippen LogP contribution in [0.15, 0.2) is 48.5 Å². The molecular weight excluding hydrogens is 326 g/mol. The second-order valence-electron chi connectivity index (χ2n) is 5.44. The van der Waals surface area contributed by atoms with Gasteiger partial charge in [0.15, 0.2) is 0 Å². The molecule has 2 N–H and O–H groups in total. The van der Waals surface area contributed by atoms with Crippen molar-refractivity contribution >= 4 is 29.7 Å². The molecule has 0 radical (unpaired) electrons. The van der Waals surface area contributed by atoms with Gasteiger partial charge in [0.25, 0.3) is 5.91 Å². The highest BCUT2D eigenvalue weighted by Crippen LogP contribution is 2.25. The Kier molecular flexibility index (Phi) is 6.46. The number of nitrogens with zero attached hydrogens (tertiary/aromatic N) is 1. The fraction of sp³-hybridized carbons (Fsp3) is 0.278. The minimum Gasteiger partial charge on any atom is -0.497 e. The van der Waals surface area contributed by atoms with Crippen LogP contribution < -0.4 is 15.4 Å². The van der Waals surface area contributed by atoms with Crippen LogP contribution in [-0.2, 0) is 0 Å². The lowest BCUT2D eigenvalue weighted by Gasteiger charge is -2.28. The molecular formula is C18H22ClN3O2. The molecule has 1 fully saturated rings. The smallest absolute Gasteiger partial charge is 0.256 e. The van der Waals surface area contributed by atoms with Gasteiger partial charge in [-0.3, -0.25) is 4.79 Å². The van der Waals surface area contributed by atoms with Gasteiger partial charge in [0.1, 0.15) is 5.75 Å². The lowest BCUT2D eigenvalue weighted by molar-refractivity contribution is 0.0737. The summed E-state index contributed by atoms with van der Waals surface area (Å²) < 4.78 is 5.24. The predicted octanol–water partition coefficient (Wildman–Crippen LogP) is 2.91. The Morgan fingerprint density at radius 3 is 2.62 bits per heavy atom. The van der Waals surface area contributed by atoms with Crippen molar-refractivity contribution in [3.8, 4) is 5.75 Å². The Labute approximate surface area is 148 Å². The first-order chi connectivity index (χ1) is 11.3. The molecule has 5 nitrogen and oxygen atoms in total. The average Bonchev–Trinajstić information content (AvgIpc) is 2.62. The molecule has 0 unspecified atom stereocenters. The van der Waals surface area contributed by atoms with Crippen molar-refractivity contribution in [2.75, 3.05) is 38.6 Å². The van der Waals surface area contributed by atoms with E-state index in [4.69, 9.17) is 4.74 Å². The minimum atomic E-state index is 0. The van der Waals surface area contributed by atoms with Crippen LogP contribution in [0, 0.1) is 0 Å². The number of hydrogen-bond acceptors (Lipinski definition) is 4. The highest BCUT2D eigenvalue weighted by atomic mass is 35.5. The van der Waals surface area contributed by atoms with Crippen LogP contribution >= 0.6 is 12.4 Å². The number of hydrogen-bond donors (Lipinski definition) is 2. The quantitative estimate of drug-likeness (QED) is 0.893. The van der Waals surface area contributed by atoms with Crippen molar-refractivity contribution in [1.82, 2.24) is 10.2 Å². The predicted molar refractivity (Wildman–Crippen MR) is 98.7 cm³/mol. The maximum atomic E-state index is 12.8. The Morgan fingerprint density at radius 1 is 1.12 bits per heavy atom. The molecule has 1 heterocycles. The number of amides is 1. The van der Waals surface area contributed by atoms with E-state index in [-0.39, 0.29) is 18.3 Å². The molecule has 3 rings (SSSR count). The Balaban J connectivity index is 0.00000208. The van der Waals surface area contributed by atoms with Gasteiger partial charge in [-0.15, -0.1) is 12.4 Å². The fourth-order valence-electron chi connectivity index (χ4n) is 2.67. The van der Waals surface area contributed by atoms with Gasteiger partial charge >= 0.3 is 0 Å². The molecule has 0 saturated carbocycles. The third-order valence-corrected chi connectivity index (χ3v) is 3.91. The van der Waals surface area contributed by atoms with Gasteiger partial charge < -0.3 is 20.3 Å². The summed E-state index contributed by atoms with van der Waals surface area (Å²) in [6.45, 7) is 3.17.